The van der Waals surface area contributed by atoms with Crippen molar-refractivity contribution in [2.45, 2.75) is 31.1 Å². The highest BCUT2D eigenvalue weighted by Crippen LogP contribution is 2.30. The first-order valence-corrected chi connectivity index (χ1v) is 7.96. The van der Waals surface area contributed by atoms with Crippen molar-refractivity contribution < 1.29 is 8.42 Å². The molecule has 1 saturated carbocycles. The van der Waals surface area contributed by atoms with Crippen LogP contribution in [0.2, 0.25) is 5.15 Å². The molecule has 4 nitrogen and oxygen atoms in total. The molecule has 0 amide bonds. The van der Waals surface area contributed by atoms with Gasteiger partial charge in [0.05, 0.1) is 4.90 Å². The molecule has 18 heavy (non-hydrogen) atoms. The van der Waals surface area contributed by atoms with Gasteiger partial charge in [0.25, 0.3) is 0 Å². The first-order valence-electron chi connectivity index (χ1n) is 6.10. The third-order valence-corrected chi connectivity index (χ3v) is 5.21. The number of pyridine rings is 1. The highest BCUT2D eigenvalue weighted by molar-refractivity contribution is 7.89. The number of nitrogens with zero attached hydrogens (tertiary/aromatic N) is 1. The van der Waals surface area contributed by atoms with Crippen LogP contribution in [0.5, 0.6) is 0 Å². The first kappa shape index (κ1) is 13.8. The molecule has 1 aromatic heterocycles. The largest absolute Gasteiger partial charge is 0.244 e. The molecule has 1 aliphatic carbocycles. The van der Waals surface area contributed by atoms with Crippen LogP contribution in [0.4, 0.5) is 0 Å². The number of hydrogen-bond donors (Lipinski definition) is 1. The van der Waals surface area contributed by atoms with Crippen molar-refractivity contribution in [1.29, 1.82) is 0 Å². The molecular formula is C12H17ClN2O2S. The van der Waals surface area contributed by atoms with Gasteiger partial charge >= 0.3 is 0 Å². The van der Waals surface area contributed by atoms with Crippen LogP contribution >= 0.6 is 11.6 Å². The number of hydrogen-bond acceptors (Lipinski definition) is 3. The van der Waals surface area contributed by atoms with Crippen LogP contribution in [-0.4, -0.2) is 19.9 Å². The molecule has 1 N–H and O–H groups in total. The molecule has 2 atom stereocenters. The Bertz CT molecular complexity index is 519. The van der Waals surface area contributed by atoms with Gasteiger partial charge < -0.3 is 0 Å². The zero-order valence-corrected chi connectivity index (χ0v) is 11.8. The van der Waals surface area contributed by atoms with E-state index in [2.05, 4.69) is 16.6 Å². The van der Waals surface area contributed by atoms with Crippen LogP contribution in [0.15, 0.2) is 23.2 Å². The van der Waals surface area contributed by atoms with Crippen molar-refractivity contribution in [3.8, 4) is 0 Å². The Balaban J connectivity index is 2.03. The molecule has 100 valence electrons. The zero-order valence-electron chi connectivity index (χ0n) is 10.3. The van der Waals surface area contributed by atoms with Gasteiger partial charge in [-0.25, -0.2) is 18.1 Å². The lowest BCUT2D eigenvalue weighted by atomic mass is 9.99. The fourth-order valence-corrected chi connectivity index (χ4v) is 3.72. The SMILES string of the molecule is CC1CCCC1CNS(=O)(=O)c1ccnc(Cl)c1. The Kier molecular flexibility index (Phi) is 4.25. The highest BCUT2D eigenvalue weighted by Gasteiger charge is 2.25. The minimum atomic E-state index is -3.47. The molecule has 0 spiro atoms. The van der Waals surface area contributed by atoms with Gasteiger partial charge in [-0.2, -0.15) is 0 Å². The van der Waals surface area contributed by atoms with Crippen molar-refractivity contribution in [2.24, 2.45) is 11.8 Å². The molecule has 1 aliphatic rings. The summed E-state index contributed by atoms with van der Waals surface area (Å²) in [7, 11) is -3.47. The minimum Gasteiger partial charge on any atom is -0.244 e. The molecule has 1 aromatic rings. The molecule has 0 bridgehead atoms. The molecular weight excluding hydrogens is 272 g/mol. The fraction of sp³-hybridized carbons (Fsp3) is 0.583. The molecule has 0 aliphatic heterocycles. The topological polar surface area (TPSA) is 59.1 Å². The van der Waals surface area contributed by atoms with Crippen LogP contribution in [0.1, 0.15) is 26.2 Å². The number of aromatic nitrogens is 1. The number of halogens is 1. The summed E-state index contributed by atoms with van der Waals surface area (Å²) in [5.41, 5.74) is 0. The summed E-state index contributed by atoms with van der Waals surface area (Å²) in [6, 6.07) is 2.81. The van der Waals surface area contributed by atoms with E-state index < -0.39 is 10.0 Å². The summed E-state index contributed by atoms with van der Waals surface area (Å²) in [5.74, 6) is 1.03. The van der Waals surface area contributed by atoms with E-state index in [0.717, 1.165) is 6.42 Å². The fourth-order valence-electron chi connectivity index (χ4n) is 2.38. The van der Waals surface area contributed by atoms with E-state index >= 15 is 0 Å². The van der Waals surface area contributed by atoms with Gasteiger partial charge in [-0.3, -0.25) is 0 Å². The maximum absolute atomic E-state index is 12.1. The Morgan fingerprint density at radius 3 is 2.89 bits per heavy atom. The quantitative estimate of drug-likeness (QED) is 0.866. The summed E-state index contributed by atoms with van der Waals surface area (Å²) in [4.78, 5) is 3.95. The van der Waals surface area contributed by atoms with Crippen molar-refractivity contribution >= 4 is 21.6 Å². The van der Waals surface area contributed by atoms with Gasteiger partial charge in [0.1, 0.15) is 5.15 Å². The summed E-state index contributed by atoms with van der Waals surface area (Å²) in [5, 5.41) is 0.187. The van der Waals surface area contributed by atoms with Crippen LogP contribution < -0.4 is 4.72 Å². The average Bonchev–Trinajstić information content (AvgIpc) is 2.72. The van der Waals surface area contributed by atoms with Crippen molar-refractivity contribution in [1.82, 2.24) is 9.71 Å². The van der Waals surface area contributed by atoms with Gasteiger partial charge in [-0.05, 0) is 30.4 Å². The Morgan fingerprint density at radius 1 is 1.50 bits per heavy atom. The van der Waals surface area contributed by atoms with E-state index in [-0.39, 0.29) is 10.0 Å². The number of sulfonamides is 1. The summed E-state index contributed by atoms with van der Waals surface area (Å²) in [6.07, 6.45) is 4.87. The molecule has 2 rings (SSSR count). The van der Waals surface area contributed by atoms with E-state index in [0.29, 0.717) is 18.4 Å². The third kappa shape index (κ3) is 3.22. The smallest absolute Gasteiger partial charge is 0.240 e. The van der Waals surface area contributed by atoms with Crippen LogP contribution in [0.25, 0.3) is 0 Å². The van der Waals surface area contributed by atoms with E-state index in [1.165, 1.54) is 31.2 Å². The molecule has 0 aromatic carbocycles. The van der Waals surface area contributed by atoms with E-state index in [4.69, 9.17) is 11.6 Å². The number of rotatable bonds is 4. The van der Waals surface area contributed by atoms with Crippen molar-refractivity contribution in [2.75, 3.05) is 6.54 Å². The molecule has 1 fully saturated rings. The molecule has 0 saturated heterocycles. The third-order valence-electron chi connectivity index (χ3n) is 3.58. The van der Waals surface area contributed by atoms with E-state index in [1.54, 1.807) is 0 Å². The lowest BCUT2D eigenvalue weighted by molar-refractivity contribution is 0.414. The lowest BCUT2D eigenvalue weighted by Gasteiger charge is -2.16. The molecule has 2 unspecified atom stereocenters. The first-order chi connectivity index (χ1) is 8.49. The van der Waals surface area contributed by atoms with Crippen LogP contribution in [0.3, 0.4) is 0 Å². The maximum atomic E-state index is 12.1. The second-order valence-electron chi connectivity index (χ2n) is 4.83. The van der Waals surface area contributed by atoms with Crippen molar-refractivity contribution in [3.63, 3.8) is 0 Å². The Labute approximate surface area is 113 Å². The predicted octanol–water partition coefficient (Wildman–Crippen LogP) is 2.45. The summed E-state index contributed by atoms with van der Waals surface area (Å²) in [6.45, 7) is 2.68. The van der Waals surface area contributed by atoms with Gasteiger partial charge in [0.15, 0.2) is 0 Å². The maximum Gasteiger partial charge on any atom is 0.240 e. The predicted molar refractivity (Wildman–Crippen MR) is 70.9 cm³/mol. The monoisotopic (exact) mass is 288 g/mol. The Hall–Kier alpha value is -0.650. The van der Waals surface area contributed by atoms with Gasteiger partial charge in [0.2, 0.25) is 10.0 Å². The van der Waals surface area contributed by atoms with Gasteiger partial charge in [-0.15, -0.1) is 0 Å². The molecule has 0 radical (unpaired) electrons. The number of nitrogens with one attached hydrogen (secondary N) is 1. The summed E-state index contributed by atoms with van der Waals surface area (Å²) >= 11 is 5.70. The van der Waals surface area contributed by atoms with Gasteiger partial charge in [0, 0.05) is 12.7 Å². The van der Waals surface area contributed by atoms with Crippen molar-refractivity contribution in [3.05, 3.63) is 23.5 Å². The zero-order chi connectivity index (χ0) is 13.2. The highest BCUT2D eigenvalue weighted by atomic mass is 35.5. The molecule has 6 heteroatoms. The minimum absolute atomic E-state index is 0.174. The summed E-state index contributed by atoms with van der Waals surface area (Å²) < 4.78 is 26.8. The average molecular weight is 289 g/mol. The van der Waals surface area contributed by atoms with Crippen LogP contribution in [0, 0.1) is 11.8 Å². The standard InChI is InChI=1S/C12H17ClN2O2S/c1-9-3-2-4-10(9)8-15-18(16,17)11-5-6-14-12(13)7-11/h5-7,9-10,15H,2-4,8H2,1H3. The van der Waals surface area contributed by atoms with E-state index in [9.17, 15) is 8.42 Å². The molecule has 1 heterocycles. The van der Waals surface area contributed by atoms with Crippen LogP contribution in [-0.2, 0) is 10.0 Å². The Morgan fingerprint density at radius 2 is 2.28 bits per heavy atom. The second-order valence-corrected chi connectivity index (χ2v) is 6.99. The van der Waals surface area contributed by atoms with E-state index in [1.807, 2.05) is 0 Å². The normalized spacial score (nSPS) is 24.3. The lowest BCUT2D eigenvalue weighted by Crippen LogP contribution is -2.30. The second kappa shape index (κ2) is 5.55. The van der Waals surface area contributed by atoms with Gasteiger partial charge in [-0.1, -0.05) is 31.4 Å².